The van der Waals surface area contributed by atoms with Gasteiger partial charge in [-0.1, -0.05) is 11.1 Å². The second kappa shape index (κ2) is 3.88. The Bertz CT molecular complexity index is 213. The van der Waals surface area contributed by atoms with Crippen molar-refractivity contribution in [3.63, 3.8) is 0 Å². The maximum Gasteiger partial charge on any atom is 0.130 e. The molecule has 1 unspecified atom stereocenters. The highest BCUT2D eigenvalue weighted by Crippen LogP contribution is 2.30. The van der Waals surface area contributed by atoms with E-state index in [4.69, 9.17) is 0 Å². The predicted molar refractivity (Wildman–Crippen MR) is 51.0 cm³/mol. The first kappa shape index (κ1) is 9.50. The van der Waals surface area contributed by atoms with Crippen molar-refractivity contribution in [2.24, 2.45) is 5.92 Å². The first-order valence-electron chi connectivity index (χ1n) is 4.74. The van der Waals surface area contributed by atoms with Gasteiger partial charge in [-0.05, 0) is 46.0 Å². The van der Waals surface area contributed by atoms with Crippen LogP contribution in [0.4, 0.5) is 0 Å². The van der Waals surface area contributed by atoms with Gasteiger partial charge in [-0.15, -0.1) is 0 Å². The van der Waals surface area contributed by atoms with Crippen LogP contribution in [0.2, 0.25) is 0 Å². The average Bonchev–Trinajstić information content (AvgIpc) is 1.96. The van der Waals surface area contributed by atoms with E-state index in [0.29, 0.717) is 11.7 Å². The van der Waals surface area contributed by atoms with Crippen LogP contribution in [0.15, 0.2) is 11.1 Å². The highest BCUT2D eigenvalue weighted by atomic mass is 16.1. The molecule has 1 rings (SSSR count). The number of hydrogen-bond acceptors (Lipinski definition) is 1. The standard InChI is InChI=1S/C11H18O/c1-8-4-5-11(6-9(8)2)7-10(3)12/h11H,4-7H2,1-3H3. The van der Waals surface area contributed by atoms with Crippen LogP contribution in [0.1, 0.15) is 46.5 Å². The minimum atomic E-state index is 0.340. The summed E-state index contributed by atoms with van der Waals surface area (Å²) in [4.78, 5) is 10.9. The van der Waals surface area contributed by atoms with E-state index in [1.54, 1.807) is 6.92 Å². The second-order valence-corrected chi connectivity index (χ2v) is 4.08. The van der Waals surface area contributed by atoms with E-state index in [1.165, 1.54) is 24.0 Å². The number of ketones is 1. The van der Waals surface area contributed by atoms with Crippen LogP contribution in [0.5, 0.6) is 0 Å². The lowest BCUT2D eigenvalue weighted by atomic mass is 9.83. The van der Waals surface area contributed by atoms with Crippen molar-refractivity contribution >= 4 is 5.78 Å². The molecule has 0 amide bonds. The molecule has 1 atom stereocenters. The van der Waals surface area contributed by atoms with Gasteiger partial charge in [0, 0.05) is 6.42 Å². The quantitative estimate of drug-likeness (QED) is 0.576. The zero-order chi connectivity index (χ0) is 9.14. The highest BCUT2D eigenvalue weighted by molar-refractivity contribution is 5.75. The Morgan fingerprint density at radius 2 is 2.08 bits per heavy atom. The summed E-state index contributed by atoms with van der Waals surface area (Å²) in [5, 5.41) is 0. The normalized spacial score (nSPS) is 24.4. The van der Waals surface area contributed by atoms with E-state index < -0.39 is 0 Å². The van der Waals surface area contributed by atoms with Crippen molar-refractivity contribution in [2.75, 3.05) is 0 Å². The molecule has 1 heteroatoms. The third-order valence-corrected chi connectivity index (χ3v) is 2.83. The van der Waals surface area contributed by atoms with Gasteiger partial charge in [-0.2, -0.15) is 0 Å². The smallest absolute Gasteiger partial charge is 0.130 e. The molecule has 0 heterocycles. The largest absolute Gasteiger partial charge is 0.300 e. The summed E-state index contributed by atoms with van der Waals surface area (Å²) in [6.45, 7) is 6.10. The minimum Gasteiger partial charge on any atom is -0.300 e. The van der Waals surface area contributed by atoms with Gasteiger partial charge < -0.3 is 4.79 Å². The molecule has 0 N–H and O–H groups in total. The second-order valence-electron chi connectivity index (χ2n) is 4.08. The molecule has 0 fully saturated rings. The van der Waals surface area contributed by atoms with Crippen molar-refractivity contribution in [2.45, 2.75) is 46.5 Å². The summed E-state index contributed by atoms with van der Waals surface area (Å²) >= 11 is 0. The summed E-state index contributed by atoms with van der Waals surface area (Å²) in [6.07, 6.45) is 4.34. The zero-order valence-corrected chi connectivity index (χ0v) is 8.31. The van der Waals surface area contributed by atoms with Gasteiger partial charge in [0.15, 0.2) is 0 Å². The zero-order valence-electron chi connectivity index (χ0n) is 8.31. The lowest BCUT2D eigenvalue weighted by Crippen LogP contribution is -2.11. The Balaban J connectivity index is 2.49. The van der Waals surface area contributed by atoms with Crippen molar-refractivity contribution in [1.29, 1.82) is 0 Å². The van der Waals surface area contributed by atoms with Crippen LogP contribution in [-0.4, -0.2) is 5.78 Å². The third kappa shape index (κ3) is 2.47. The van der Waals surface area contributed by atoms with Gasteiger partial charge in [0.25, 0.3) is 0 Å². The lowest BCUT2D eigenvalue weighted by molar-refractivity contribution is -0.117. The van der Waals surface area contributed by atoms with E-state index in [1.807, 2.05) is 0 Å². The molecule has 1 aliphatic carbocycles. The number of allylic oxidation sites excluding steroid dienone is 2. The van der Waals surface area contributed by atoms with Crippen molar-refractivity contribution in [1.82, 2.24) is 0 Å². The molecule has 0 saturated carbocycles. The molecule has 68 valence electrons. The summed E-state index contributed by atoms with van der Waals surface area (Å²) in [7, 11) is 0. The molecule has 0 aromatic rings. The van der Waals surface area contributed by atoms with E-state index in [0.717, 1.165) is 12.8 Å². The van der Waals surface area contributed by atoms with Crippen LogP contribution < -0.4 is 0 Å². The molecule has 1 nitrogen and oxygen atoms in total. The Hall–Kier alpha value is -0.590. The maximum absolute atomic E-state index is 10.9. The topological polar surface area (TPSA) is 17.1 Å². The number of Topliss-reactive ketones (excluding diaryl/α,β-unsaturated/α-hetero) is 1. The SMILES string of the molecule is CC(=O)CC1CCC(C)=C(C)C1. The number of carbonyl (C=O) groups excluding carboxylic acids is 1. The predicted octanol–water partition coefficient (Wildman–Crippen LogP) is 3.10. The minimum absolute atomic E-state index is 0.340. The van der Waals surface area contributed by atoms with E-state index in [2.05, 4.69) is 13.8 Å². The van der Waals surface area contributed by atoms with Crippen LogP contribution >= 0.6 is 0 Å². The van der Waals surface area contributed by atoms with Crippen LogP contribution in [0.25, 0.3) is 0 Å². The average molecular weight is 166 g/mol. The van der Waals surface area contributed by atoms with Crippen LogP contribution in [0.3, 0.4) is 0 Å². The van der Waals surface area contributed by atoms with Gasteiger partial charge >= 0.3 is 0 Å². The van der Waals surface area contributed by atoms with Gasteiger partial charge in [0.1, 0.15) is 5.78 Å². The monoisotopic (exact) mass is 166 g/mol. The lowest BCUT2D eigenvalue weighted by Gasteiger charge is -2.23. The molecule has 0 saturated heterocycles. The summed E-state index contributed by atoms with van der Waals surface area (Å²) in [5.74, 6) is 0.971. The molecule has 0 radical (unpaired) electrons. The molecular weight excluding hydrogens is 148 g/mol. The molecule has 0 aliphatic heterocycles. The third-order valence-electron chi connectivity index (χ3n) is 2.83. The number of rotatable bonds is 2. The fourth-order valence-corrected chi connectivity index (χ4v) is 1.92. The first-order valence-corrected chi connectivity index (χ1v) is 4.74. The summed E-state index contributed by atoms with van der Waals surface area (Å²) in [6, 6.07) is 0. The molecule has 0 aromatic carbocycles. The molecule has 0 aromatic heterocycles. The van der Waals surface area contributed by atoms with Gasteiger partial charge in [0.05, 0.1) is 0 Å². The van der Waals surface area contributed by atoms with Crippen molar-refractivity contribution in [3.05, 3.63) is 11.1 Å². The summed E-state index contributed by atoms with van der Waals surface area (Å²) < 4.78 is 0. The fourth-order valence-electron chi connectivity index (χ4n) is 1.92. The Morgan fingerprint density at radius 1 is 1.42 bits per heavy atom. The van der Waals surface area contributed by atoms with Crippen LogP contribution in [-0.2, 0) is 4.79 Å². The van der Waals surface area contributed by atoms with Gasteiger partial charge in [0.2, 0.25) is 0 Å². The van der Waals surface area contributed by atoms with E-state index >= 15 is 0 Å². The molecule has 12 heavy (non-hydrogen) atoms. The maximum atomic E-state index is 10.9. The molecular formula is C11H18O. The Labute approximate surface area is 74.9 Å². The van der Waals surface area contributed by atoms with Crippen LogP contribution in [0, 0.1) is 5.92 Å². The Morgan fingerprint density at radius 3 is 2.58 bits per heavy atom. The van der Waals surface area contributed by atoms with E-state index in [9.17, 15) is 4.79 Å². The van der Waals surface area contributed by atoms with Gasteiger partial charge in [-0.3, -0.25) is 0 Å². The molecule has 0 bridgehead atoms. The highest BCUT2D eigenvalue weighted by Gasteiger charge is 2.17. The molecule has 1 aliphatic rings. The fraction of sp³-hybridized carbons (Fsp3) is 0.727. The number of carbonyl (C=O) groups is 1. The number of hydrogen-bond donors (Lipinski definition) is 0. The first-order chi connectivity index (χ1) is 5.59. The van der Waals surface area contributed by atoms with E-state index in [-0.39, 0.29) is 0 Å². The van der Waals surface area contributed by atoms with Crippen molar-refractivity contribution in [3.8, 4) is 0 Å². The van der Waals surface area contributed by atoms with Gasteiger partial charge in [-0.25, -0.2) is 0 Å². The Kier molecular flexibility index (Phi) is 3.07. The molecule has 0 spiro atoms. The van der Waals surface area contributed by atoms with Crippen molar-refractivity contribution < 1.29 is 4.79 Å². The summed E-state index contributed by atoms with van der Waals surface area (Å²) in [5.41, 5.74) is 3.04.